The van der Waals surface area contributed by atoms with Crippen LogP contribution in [0.2, 0.25) is 0 Å². The van der Waals surface area contributed by atoms with Gasteiger partial charge in [0.05, 0.1) is 12.7 Å². The van der Waals surface area contributed by atoms with E-state index in [9.17, 15) is 5.11 Å². The van der Waals surface area contributed by atoms with Gasteiger partial charge in [-0.1, -0.05) is 6.07 Å². The number of rotatable bonds is 7. The van der Waals surface area contributed by atoms with E-state index in [1.165, 1.54) is 11.3 Å². The van der Waals surface area contributed by atoms with Crippen LogP contribution in [-0.2, 0) is 17.6 Å². The number of nitrogens with one attached hydrogen (secondary N) is 1. The van der Waals surface area contributed by atoms with Crippen molar-refractivity contribution in [3.05, 3.63) is 35.7 Å². The number of hydrogen-bond acceptors (Lipinski definition) is 7. The Bertz CT molecular complexity index is 778. The maximum absolute atomic E-state index is 9.94. The zero-order valence-corrected chi connectivity index (χ0v) is 16.5. The van der Waals surface area contributed by atoms with Gasteiger partial charge >= 0.3 is 0 Å². The van der Waals surface area contributed by atoms with Crippen molar-refractivity contribution < 1.29 is 9.84 Å². The second-order valence-corrected chi connectivity index (χ2v) is 7.72. The molecule has 4 rings (SSSR count). The Morgan fingerprint density at radius 1 is 1.25 bits per heavy atom. The van der Waals surface area contributed by atoms with Gasteiger partial charge in [-0.25, -0.2) is 9.97 Å². The number of aliphatic hydroxyl groups is 1. The molecule has 0 aromatic carbocycles. The number of β-amino-alcohol motifs (C(OH)–C–C–N with tert-alkyl or cyclic N) is 1. The molecule has 7 nitrogen and oxygen atoms in total. The van der Waals surface area contributed by atoms with Crippen molar-refractivity contribution in [2.24, 2.45) is 0 Å². The van der Waals surface area contributed by atoms with Gasteiger partial charge in [0, 0.05) is 50.2 Å². The Balaban J connectivity index is 1.43. The first-order chi connectivity index (χ1) is 13.7. The van der Waals surface area contributed by atoms with Crippen LogP contribution < -0.4 is 5.32 Å². The van der Waals surface area contributed by atoms with Gasteiger partial charge < -0.3 is 20.1 Å². The summed E-state index contributed by atoms with van der Waals surface area (Å²) in [6.45, 7) is 3.01. The Morgan fingerprint density at radius 3 is 2.86 bits per heavy atom. The Labute approximate surface area is 166 Å². The van der Waals surface area contributed by atoms with Gasteiger partial charge in [-0.2, -0.15) is 0 Å². The third-order valence-electron chi connectivity index (χ3n) is 5.58. The molecular formula is C21H29N5O2. The van der Waals surface area contributed by atoms with Crippen molar-refractivity contribution in [3.8, 4) is 11.5 Å². The van der Waals surface area contributed by atoms with Gasteiger partial charge in [0.15, 0.2) is 5.82 Å². The summed E-state index contributed by atoms with van der Waals surface area (Å²) in [5, 5.41) is 13.6. The summed E-state index contributed by atoms with van der Waals surface area (Å²) in [7, 11) is 1.62. The van der Waals surface area contributed by atoms with Crippen LogP contribution in [-0.4, -0.2) is 70.5 Å². The predicted molar refractivity (Wildman–Crippen MR) is 108 cm³/mol. The van der Waals surface area contributed by atoms with E-state index in [4.69, 9.17) is 14.7 Å². The number of pyridine rings is 1. The molecule has 0 spiro atoms. The first-order valence-corrected chi connectivity index (χ1v) is 10.2. The highest BCUT2D eigenvalue weighted by Crippen LogP contribution is 2.30. The van der Waals surface area contributed by atoms with E-state index in [0.29, 0.717) is 25.0 Å². The molecule has 1 fully saturated rings. The predicted octanol–water partition coefficient (Wildman–Crippen LogP) is 1.91. The Hall–Kier alpha value is -2.09. The molecule has 1 atom stereocenters. The van der Waals surface area contributed by atoms with Crippen molar-refractivity contribution in [3.63, 3.8) is 0 Å². The van der Waals surface area contributed by atoms with Crippen molar-refractivity contribution in [2.75, 3.05) is 38.7 Å². The van der Waals surface area contributed by atoms with Crippen LogP contribution in [0.3, 0.4) is 0 Å². The van der Waals surface area contributed by atoms with Gasteiger partial charge in [0.2, 0.25) is 0 Å². The van der Waals surface area contributed by atoms with Crippen LogP contribution in [0, 0.1) is 0 Å². The normalized spacial score (nSPS) is 18.8. The van der Waals surface area contributed by atoms with Crippen molar-refractivity contribution in [1.82, 2.24) is 19.9 Å². The summed E-state index contributed by atoms with van der Waals surface area (Å²) >= 11 is 0. The molecule has 1 unspecified atom stereocenters. The monoisotopic (exact) mass is 383 g/mol. The molecule has 3 heterocycles. The van der Waals surface area contributed by atoms with E-state index in [0.717, 1.165) is 56.7 Å². The van der Waals surface area contributed by atoms with E-state index in [1.54, 1.807) is 13.3 Å². The number of hydrogen-bond donors (Lipinski definition) is 2. The number of aryl methyl sites for hydroxylation is 1. The number of aliphatic hydroxyl groups excluding tert-OH is 1. The van der Waals surface area contributed by atoms with Crippen molar-refractivity contribution >= 4 is 5.82 Å². The average molecular weight is 383 g/mol. The van der Waals surface area contributed by atoms with Gasteiger partial charge in [-0.3, -0.25) is 4.98 Å². The average Bonchev–Trinajstić information content (AvgIpc) is 3.19. The Kier molecular flexibility index (Phi) is 6.14. The van der Waals surface area contributed by atoms with Gasteiger partial charge in [0.1, 0.15) is 11.5 Å². The number of ether oxygens (including phenoxy) is 1. The number of likely N-dealkylation sites (tertiary alicyclic amines) is 1. The summed E-state index contributed by atoms with van der Waals surface area (Å²) in [5.41, 5.74) is 3.26. The van der Waals surface area contributed by atoms with E-state index in [-0.39, 0.29) is 0 Å². The molecule has 1 aliphatic carbocycles. The number of piperidine rings is 1. The minimum absolute atomic E-state index is 0.390. The molecule has 2 aromatic rings. The lowest BCUT2D eigenvalue weighted by atomic mass is 10.0. The van der Waals surface area contributed by atoms with Crippen molar-refractivity contribution in [1.29, 1.82) is 0 Å². The first kappa shape index (κ1) is 19.2. The zero-order chi connectivity index (χ0) is 19.3. The van der Waals surface area contributed by atoms with Crippen LogP contribution in [0.4, 0.5) is 5.82 Å². The number of fused-ring (bicyclic) bond motifs is 1. The highest BCUT2D eigenvalue weighted by atomic mass is 16.5. The molecule has 0 radical (unpaired) electrons. The Morgan fingerprint density at radius 2 is 2.11 bits per heavy atom. The van der Waals surface area contributed by atoms with Gasteiger partial charge in [-0.15, -0.1) is 0 Å². The highest BCUT2D eigenvalue weighted by Gasteiger charge is 2.25. The zero-order valence-electron chi connectivity index (χ0n) is 16.5. The lowest BCUT2D eigenvalue weighted by molar-refractivity contribution is 0.0327. The molecule has 0 bridgehead atoms. The van der Waals surface area contributed by atoms with Crippen LogP contribution in [0.25, 0.3) is 11.5 Å². The van der Waals surface area contributed by atoms with Crippen LogP contribution >= 0.6 is 0 Å². The molecule has 2 aromatic heterocycles. The molecule has 1 aliphatic heterocycles. The highest BCUT2D eigenvalue weighted by molar-refractivity contribution is 5.58. The topological polar surface area (TPSA) is 83.4 Å². The second kappa shape index (κ2) is 8.94. The summed E-state index contributed by atoms with van der Waals surface area (Å²) in [6.07, 6.45) is 6.65. The summed E-state index contributed by atoms with van der Waals surface area (Å²) in [4.78, 5) is 16.4. The quantitative estimate of drug-likeness (QED) is 0.756. The molecule has 2 N–H and O–H groups in total. The maximum Gasteiger partial charge on any atom is 0.180 e. The standard InChI is InChI=1S/C21H29N5O2/c1-28-14-16(27)13-26-11-8-15(9-12-26)23-20-17-5-4-7-18(17)24-21(25-20)19-6-2-3-10-22-19/h2-3,6,10,15-16,27H,4-5,7-9,11-14H2,1H3,(H,23,24,25). The fraction of sp³-hybridized carbons (Fsp3) is 0.571. The lowest BCUT2D eigenvalue weighted by Crippen LogP contribution is -2.43. The van der Waals surface area contributed by atoms with Crippen LogP contribution in [0.1, 0.15) is 30.5 Å². The molecule has 0 amide bonds. The number of aromatic nitrogens is 3. The largest absolute Gasteiger partial charge is 0.389 e. The lowest BCUT2D eigenvalue weighted by Gasteiger charge is -2.34. The molecule has 7 heteroatoms. The summed E-state index contributed by atoms with van der Waals surface area (Å²) in [5.74, 6) is 1.70. The third-order valence-corrected chi connectivity index (χ3v) is 5.58. The molecule has 0 saturated carbocycles. The molecular weight excluding hydrogens is 354 g/mol. The van der Waals surface area contributed by atoms with Crippen molar-refractivity contribution in [2.45, 2.75) is 44.2 Å². The third kappa shape index (κ3) is 4.48. The van der Waals surface area contributed by atoms with E-state index in [2.05, 4.69) is 15.2 Å². The number of anilines is 1. The molecule has 1 saturated heterocycles. The van der Waals surface area contributed by atoms with Gasteiger partial charge in [-0.05, 0) is 44.2 Å². The minimum atomic E-state index is -0.416. The maximum atomic E-state index is 9.94. The SMILES string of the molecule is COCC(O)CN1CCC(Nc2nc(-c3ccccn3)nc3c2CCC3)CC1. The molecule has 28 heavy (non-hydrogen) atoms. The van der Waals surface area contributed by atoms with Gasteiger partial charge in [0.25, 0.3) is 0 Å². The summed E-state index contributed by atoms with van der Waals surface area (Å²) < 4.78 is 5.03. The fourth-order valence-electron chi connectivity index (χ4n) is 4.16. The summed E-state index contributed by atoms with van der Waals surface area (Å²) in [6, 6.07) is 6.24. The fourth-order valence-corrected chi connectivity index (χ4v) is 4.16. The number of nitrogens with zero attached hydrogens (tertiary/aromatic N) is 4. The first-order valence-electron chi connectivity index (χ1n) is 10.2. The molecule has 2 aliphatic rings. The second-order valence-electron chi connectivity index (χ2n) is 7.72. The van der Waals surface area contributed by atoms with Crippen LogP contribution in [0.15, 0.2) is 24.4 Å². The van der Waals surface area contributed by atoms with E-state index < -0.39 is 6.10 Å². The van der Waals surface area contributed by atoms with E-state index in [1.807, 2.05) is 18.2 Å². The number of methoxy groups -OCH3 is 1. The minimum Gasteiger partial charge on any atom is -0.389 e. The molecule has 150 valence electrons. The smallest absolute Gasteiger partial charge is 0.180 e. The van der Waals surface area contributed by atoms with Crippen LogP contribution in [0.5, 0.6) is 0 Å². The van der Waals surface area contributed by atoms with E-state index >= 15 is 0 Å².